The minimum atomic E-state index is -0.407. The Bertz CT molecular complexity index is 1230. The van der Waals surface area contributed by atoms with Crippen molar-refractivity contribution in [2.24, 2.45) is 0 Å². The Balaban J connectivity index is 2.04. The molecule has 0 atom stereocenters. The van der Waals surface area contributed by atoms with E-state index in [-0.39, 0.29) is 11.4 Å². The Kier molecular flexibility index (Phi) is 3.98. The van der Waals surface area contributed by atoms with Gasteiger partial charge in [-0.05, 0) is 42.8 Å². The molecule has 130 valence electrons. The molecule has 4 rings (SSSR count). The van der Waals surface area contributed by atoms with Gasteiger partial charge < -0.3 is 5.73 Å². The monoisotopic (exact) mass is 355 g/mol. The lowest BCUT2D eigenvalue weighted by molar-refractivity contribution is 0.631. The van der Waals surface area contributed by atoms with E-state index in [1.807, 2.05) is 31.2 Å². The number of rotatable bonds is 2. The number of aryl methyl sites for hydroxylation is 1. The molecule has 0 unspecified atom stereocenters. The Morgan fingerprint density at radius 1 is 1.04 bits per heavy atom. The number of hydrogen-bond acceptors (Lipinski definition) is 5. The van der Waals surface area contributed by atoms with Gasteiger partial charge in [-0.25, -0.2) is 19.3 Å². The van der Waals surface area contributed by atoms with Crippen LogP contribution in [0.2, 0.25) is 0 Å². The molecular weight excluding hydrogens is 341 g/mol. The highest BCUT2D eigenvalue weighted by Gasteiger charge is 2.17. The van der Waals surface area contributed by atoms with Gasteiger partial charge in [-0.3, -0.25) is 0 Å². The first-order chi connectivity index (χ1) is 13.1. The van der Waals surface area contributed by atoms with Crippen LogP contribution in [0.3, 0.4) is 0 Å². The van der Waals surface area contributed by atoms with Gasteiger partial charge in [-0.1, -0.05) is 18.2 Å². The quantitative estimate of drug-likeness (QED) is 0.580. The normalized spacial score (nSPS) is 10.7. The molecule has 0 bridgehead atoms. The predicted molar refractivity (Wildman–Crippen MR) is 102 cm³/mol. The van der Waals surface area contributed by atoms with Crippen LogP contribution in [0.4, 0.5) is 10.2 Å². The standard InChI is InChI=1S/C21H14FN5/c1-12-16-8-13(6-7-19(16)26-11-25-12)17-9-14(10-23)21(24)27-20(17)15-4-2-3-5-18(15)22/h2-9,11H,1H3,(H2,24,27). The molecule has 0 amide bonds. The van der Waals surface area contributed by atoms with Gasteiger partial charge in [0.05, 0.1) is 16.8 Å². The largest absolute Gasteiger partial charge is 0.383 e. The third-order valence-corrected chi connectivity index (χ3v) is 4.45. The van der Waals surface area contributed by atoms with E-state index in [1.54, 1.807) is 24.3 Å². The van der Waals surface area contributed by atoms with Crippen LogP contribution in [-0.4, -0.2) is 15.0 Å². The number of aromatic nitrogens is 3. The van der Waals surface area contributed by atoms with E-state index in [0.29, 0.717) is 16.8 Å². The lowest BCUT2D eigenvalue weighted by Crippen LogP contribution is -2.00. The van der Waals surface area contributed by atoms with Crippen molar-refractivity contribution in [3.05, 3.63) is 71.9 Å². The van der Waals surface area contributed by atoms with Crippen LogP contribution in [0, 0.1) is 24.1 Å². The summed E-state index contributed by atoms with van der Waals surface area (Å²) in [7, 11) is 0. The molecule has 0 aliphatic heterocycles. The van der Waals surface area contributed by atoms with E-state index in [1.165, 1.54) is 12.4 Å². The highest BCUT2D eigenvalue weighted by Crippen LogP contribution is 2.35. The van der Waals surface area contributed by atoms with E-state index >= 15 is 0 Å². The SMILES string of the molecule is Cc1ncnc2ccc(-c3cc(C#N)c(N)nc3-c3ccccc3F)cc12. The van der Waals surface area contributed by atoms with Crippen LogP contribution in [-0.2, 0) is 0 Å². The summed E-state index contributed by atoms with van der Waals surface area (Å²) in [5.41, 5.74) is 9.90. The van der Waals surface area contributed by atoms with E-state index in [0.717, 1.165) is 22.2 Å². The molecule has 0 radical (unpaired) electrons. The molecule has 2 heterocycles. The van der Waals surface area contributed by atoms with Crippen LogP contribution >= 0.6 is 0 Å². The Labute approximate surface area is 155 Å². The summed E-state index contributed by atoms with van der Waals surface area (Å²) in [5, 5.41) is 10.2. The number of pyridine rings is 1. The minimum absolute atomic E-state index is 0.0693. The zero-order chi connectivity index (χ0) is 19.0. The number of nitriles is 1. The average Bonchev–Trinajstić information content (AvgIpc) is 2.68. The van der Waals surface area contributed by atoms with Gasteiger partial charge in [0.25, 0.3) is 0 Å². The van der Waals surface area contributed by atoms with Crippen LogP contribution in [0.15, 0.2) is 54.9 Å². The van der Waals surface area contributed by atoms with E-state index < -0.39 is 5.82 Å². The summed E-state index contributed by atoms with van der Waals surface area (Å²) in [6.07, 6.45) is 1.51. The second kappa shape index (κ2) is 6.46. The molecule has 0 spiro atoms. The lowest BCUT2D eigenvalue weighted by atomic mass is 9.96. The topological polar surface area (TPSA) is 88.5 Å². The number of fused-ring (bicyclic) bond motifs is 1. The highest BCUT2D eigenvalue weighted by atomic mass is 19.1. The molecule has 0 aliphatic rings. The zero-order valence-corrected chi connectivity index (χ0v) is 14.4. The molecule has 2 aromatic carbocycles. The summed E-state index contributed by atoms with van der Waals surface area (Å²) in [6, 6.07) is 15.7. The molecule has 5 nitrogen and oxygen atoms in total. The van der Waals surface area contributed by atoms with Crippen molar-refractivity contribution in [3.63, 3.8) is 0 Å². The first-order valence-electron chi connectivity index (χ1n) is 8.25. The van der Waals surface area contributed by atoms with Gasteiger partial charge in [0.1, 0.15) is 24.0 Å². The van der Waals surface area contributed by atoms with Crippen molar-refractivity contribution in [1.82, 2.24) is 15.0 Å². The lowest BCUT2D eigenvalue weighted by Gasteiger charge is -2.13. The van der Waals surface area contributed by atoms with E-state index in [9.17, 15) is 9.65 Å². The molecular formula is C21H14FN5. The van der Waals surface area contributed by atoms with Crippen LogP contribution in [0.25, 0.3) is 33.3 Å². The summed E-state index contributed by atoms with van der Waals surface area (Å²) in [4.78, 5) is 12.8. The summed E-state index contributed by atoms with van der Waals surface area (Å²) < 4.78 is 14.4. The molecule has 27 heavy (non-hydrogen) atoms. The summed E-state index contributed by atoms with van der Waals surface area (Å²) in [6.45, 7) is 1.90. The highest BCUT2D eigenvalue weighted by molar-refractivity contribution is 5.90. The third-order valence-electron chi connectivity index (χ3n) is 4.45. The zero-order valence-electron chi connectivity index (χ0n) is 14.4. The van der Waals surface area contributed by atoms with E-state index in [4.69, 9.17) is 5.73 Å². The van der Waals surface area contributed by atoms with Gasteiger partial charge in [-0.2, -0.15) is 5.26 Å². The van der Waals surface area contributed by atoms with Crippen molar-refractivity contribution >= 4 is 16.7 Å². The van der Waals surface area contributed by atoms with Crippen LogP contribution in [0.5, 0.6) is 0 Å². The maximum Gasteiger partial charge on any atom is 0.142 e. The van der Waals surface area contributed by atoms with Crippen molar-refractivity contribution in [2.75, 3.05) is 5.73 Å². The summed E-state index contributed by atoms with van der Waals surface area (Å²) >= 11 is 0. The number of anilines is 1. The van der Waals surface area contributed by atoms with Crippen molar-refractivity contribution in [1.29, 1.82) is 5.26 Å². The maximum atomic E-state index is 14.4. The summed E-state index contributed by atoms with van der Waals surface area (Å²) in [5.74, 6) is -0.338. The molecule has 4 aromatic rings. The Hall–Kier alpha value is -3.85. The predicted octanol–water partition coefficient (Wildman–Crippen LogP) is 4.26. The molecule has 0 aliphatic carbocycles. The Morgan fingerprint density at radius 3 is 2.63 bits per heavy atom. The molecule has 0 saturated heterocycles. The van der Waals surface area contributed by atoms with Gasteiger partial charge >= 0.3 is 0 Å². The number of nitrogens with zero attached hydrogens (tertiary/aromatic N) is 4. The van der Waals surface area contributed by atoms with Gasteiger partial charge in [0, 0.05) is 22.2 Å². The third kappa shape index (κ3) is 2.85. The molecule has 2 N–H and O–H groups in total. The number of hydrogen-bond donors (Lipinski definition) is 1. The molecule has 0 saturated carbocycles. The smallest absolute Gasteiger partial charge is 0.142 e. The van der Waals surface area contributed by atoms with E-state index in [2.05, 4.69) is 15.0 Å². The molecule has 2 aromatic heterocycles. The van der Waals surface area contributed by atoms with Crippen LogP contribution < -0.4 is 5.73 Å². The first kappa shape index (κ1) is 16.6. The van der Waals surface area contributed by atoms with Crippen LogP contribution in [0.1, 0.15) is 11.3 Å². The van der Waals surface area contributed by atoms with Gasteiger partial charge in [0.15, 0.2) is 0 Å². The molecule has 6 heteroatoms. The first-order valence-corrected chi connectivity index (χ1v) is 8.25. The molecule has 0 fully saturated rings. The van der Waals surface area contributed by atoms with Crippen molar-refractivity contribution in [3.8, 4) is 28.5 Å². The fourth-order valence-corrected chi connectivity index (χ4v) is 3.05. The second-order valence-electron chi connectivity index (χ2n) is 6.10. The fraction of sp³-hybridized carbons (Fsp3) is 0.0476. The number of benzene rings is 2. The Morgan fingerprint density at radius 2 is 1.85 bits per heavy atom. The van der Waals surface area contributed by atoms with Crippen molar-refractivity contribution in [2.45, 2.75) is 6.92 Å². The van der Waals surface area contributed by atoms with Gasteiger partial charge in [0.2, 0.25) is 0 Å². The maximum absolute atomic E-state index is 14.4. The number of nitrogen functional groups attached to an aromatic ring is 1. The van der Waals surface area contributed by atoms with Gasteiger partial charge in [-0.15, -0.1) is 0 Å². The minimum Gasteiger partial charge on any atom is -0.383 e. The fourth-order valence-electron chi connectivity index (χ4n) is 3.05. The second-order valence-corrected chi connectivity index (χ2v) is 6.10. The number of nitrogens with two attached hydrogens (primary N) is 1. The average molecular weight is 355 g/mol. The van der Waals surface area contributed by atoms with Crippen molar-refractivity contribution < 1.29 is 4.39 Å². The number of halogens is 1.